The lowest BCUT2D eigenvalue weighted by molar-refractivity contribution is 0.102. The van der Waals surface area contributed by atoms with E-state index in [9.17, 15) is 4.79 Å². The number of amides is 1. The molecular formula is C10H7Cl2N3O. The Kier molecular flexibility index (Phi) is 3.12. The molecule has 1 aromatic heterocycles. The molecule has 0 aliphatic heterocycles. The van der Waals surface area contributed by atoms with Crippen LogP contribution in [0.5, 0.6) is 0 Å². The van der Waals surface area contributed by atoms with Crippen LogP contribution in [-0.2, 0) is 0 Å². The fourth-order valence-electron chi connectivity index (χ4n) is 1.17. The maximum absolute atomic E-state index is 11.6. The summed E-state index contributed by atoms with van der Waals surface area (Å²) in [5.41, 5.74) is 0.748. The minimum Gasteiger partial charge on any atom is -0.319 e. The van der Waals surface area contributed by atoms with E-state index in [1.54, 1.807) is 30.5 Å². The summed E-state index contributed by atoms with van der Waals surface area (Å²) in [6.45, 7) is 0. The molecule has 0 unspecified atom stereocenters. The Morgan fingerprint density at radius 3 is 2.81 bits per heavy atom. The van der Waals surface area contributed by atoms with Gasteiger partial charge < -0.3 is 5.32 Å². The lowest BCUT2D eigenvalue weighted by atomic mass is 10.3. The molecule has 1 aromatic carbocycles. The Hall–Kier alpha value is -1.52. The summed E-state index contributed by atoms with van der Waals surface area (Å²) in [6.07, 6.45) is 1.56. The summed E-state index contributed by atoms with van der Waals surface area (Å²) < 4.78 is 0. The van der Waals surface area contributed by atoms with Crippen molar-refractivity contribution >= 4 is 34.8 Å². The van der Waals surface area contributed by atoms with Crippen molar-refractivity contribution in [1.82, 2.24) is 10.2 Å². The number of carbonyl (C=O) groups is 1. The van der Waals surface area contributed by atoms with Gasteiger partial charge in [-0.25, -0.2) is 0 Å². The number of aromatic nitrogens is 2. The van der Waals surface area contributed by atoms with Gasteiger partial charge in [-0.2, -0.15) is 5.10 Å². The van der Waals surface area contributed by atoms with Crippen LogP contribution >= 0.6 is 23.2 Å². The molecule has 0 bridgehead atoms. The average molecular weight is 256 g/mol. The van der Waals surface area contributed by atoms with E-state index in [4.69, 9.17) is 23.2 Å². The Morgan fingerprint density at radius 1 is 1.31 bits per heavy atom. The summed E-state index contributed by atoms with van der Waals surface area (Å²) >= 11 is 11.7. The van der Waals surface area contributed by atoms with E-state index in [0.29, 0.717) is 15.7 Å². The van der Waals surface area contributed by atoms with Crippen molar-refractivity contribution in [3.63, 3.8) is 0 Å². The van der Waals surface area contributed by atoms with Gasteiger partial charge in [0, 0.05) is 11.2 Å². The number of benzene rings is 1. The van der Waals surface area contributed by atoms with Gasteiger partial charge in [-0.15, -0.1) is 0 Å². The zero-order valence-electron chi connectivity index (χ0n) is 8.00. The van der Waals surface area contributed by atoms with Gasteiger partial charge in [0.1, 0.15) is 5.69 Å². The van der Waals surface area contributed by atoms with Gasteiger partial charge in [0.15, 0.2) is 0 Å². The van der Waals surface area contributed by atoms with E-state index >= 15 is 0 Å². The largest absolute Gasteiger partial charge is 0.319 e. The molecule has 0 saturated heterocycles. The number of halogens is 2. The van der Waals surface area contributed by atoms with Crippen LogP contribution in [0.2, 0.25) is 10.0 Å². The predicted molar refractivity (Wildman–Crippen MR) is 63.0 cm³/mol. The van der Waals surface area contributed by atoms with Gasteiger partial charge >= 0.3 is 0 Å². The second-order valence-corrected chi connectivity index (χ2v) is 3.88. The van der Waals surface area contributed by atoms with Crippen molar-refractivity contribution in [3.05, 3.63) is 46.2 Å². The summed E-state index contributed by atoms with van der Waals surface area (Å²) in [5.74, 6) is -0.342. The number of anilines is 1. The number of rotatable bonds is 2. The Bertz CT molecular complexity index is 511. The van der Waals surface area contributed by atoms with E-state index in [1.165, 1.54) is 0 Å². The van der Waals surface area contributed by atoms with Crippen LogP contribution in [0, 0.1) is 0 Å². The lowest BCUT2D eigenvalue weighted by Gasteiger charge is -2.05. The van der Waals surface area contributed by atoms with E-state index in [1.807, 2.05) is 0 Å². The van der Waals surface area contributed by atoms with E-state index in [0.717, 1.165) is 0 Å². The van der Waals surface area contributed by atoms with Crippen LogP contribution in [0.25, 0.3) is 0 Å². The van der Waals surface area contributed by atoms with Crippen LogP contribution in [0.4, 0.5) is 5.69 Å². The molecule has 0 spiro atoms. The Morgan fingerprint density at radius 2 is 2.12 bits per heavy atom. The average Bonchev–Trinajstić information content (AvgIpc) is 2.76. The third kappa shape index (κ3) is 2.35. The number of nitrogens with zero attached hydrogens (tertiary/aromatic N) is 1. The fourth-order valence-corrected chi connectivity index (χ4v) is 1.50. The van der Waals surface area contributed by atoms with Crippen molar-refractivity contribution in [3.8, 4) is 0 Å². The molecule has 6 heteroatoms. The highest BCUT2D eigenvalue weighted by atomic mass is 35.5. The first-order valence-corrected chi connectivity index (χ1v) is 5.18. The van der Waals surface area contributed by atoms with Gasteiger partial charge in [0.25, 0.3) is 5.91 Å². The number of aromatic amines is 1. The summed E-state index contributed by atoms with van der Waals surface area (Å²) in [6, 6.07) is 6.40. The molecule has 2 rings (SSSR count). The third-order valence-corrected chi connectivity index (χ3v) is 2.47. The van der Waals surface area contributed by atoms with E-state index in [2.05, 4.69) is 15.5 Å². The Balaban J connectivity index is 2.21. The van der Waals surface area contributed by atoms with Crippen LogP contribution < -0.4 is 5.32 Å². The molecule has 0 fully saturated rings. The number of H-pyrrole nitrogens is 1. The SMILES string of the molecule is O=C(Nc1cc(Cl)ccc1Cl)c1cc[nH]n1. The molecular weight excluding hydrogens is 249 g/mol. The highest BCUT2D eigenvalue weighted by Gasteiger charge is 2.10. The lowest BCUT2D eigenvalue weighted by Crippen LogP contribution is -2.12. The number of nitrogens with one attached hydrogen (secondary N) is 2. The first kappa shape index (κ1) is 11.0. The van der Waals surface area contributed by atoms with E-state index < -0.39 is 0 Å². The highest BCUT2D eigenvalue weighted by molar-refractivity contribution is 6.35. The topological polar surface area (TPSA) is 57.8 Å². The standard InChI is InChI=1S/C10H7Cl2N3O/c11-6-1-2-7(12)9(5-6)14-10(16)8-3-4-13-15-8/h1-5H,(H,13,15)(H,14,16). The smallest absolute Gasteiger partial charge is 0.276 e. The molecule has 16 heavy (non-hydrogen) atoms. The van der Waals surface area contributed by atoms with Crippen LogP contribution in [-0.4, -0.2) is 16.1 Å². The highest BCUT2D eigenvalue weighted by Crippen LogP contribution is 2.25. The third-order valence-electron chi connectivity index (χ3n) is 1.91. The predicted octanol–water partition coefficient (Wildman–Crippen LogP) is 2.97. The normalized spacial score (nSPS) is 10.1. The second-order valence-electron chi connectivity index (χ2n) is 3.04. The fraction of sp³-hybridized carbons (Fsp3) is 0. The molecule has 2 N–H and O–H groups in total. The van der Waals surface area contributed by atoms with Gasteiger partial charge in [0.05, 0.1) is 10.7 Å². The van der Waals surface area contributed by atoms with Crippen LogP contribution in [0.1, 0.15) is 10.5 Å². The maximum Gasteiger partial charge on any atom is 0.276 e. The quantitative estimate of drug-likeness (QED) is 0.867. The molecule has 82 valence electrons. The summed E-state index contributed by atoms with van der Waals surface area (Å²) in [7, 11) is 0. The van der Waals surface area contributed by atoms with Crippen molar-refractivity contribution in [2.45, 2.75) is 0 Å². The van der Waals surface area contributed by atoms with Crippen molar-refractivity contribution in [2.24, 2.45) is 0 Å². The molecule has 4 nitrogen and oxygen atoms in total. The summed E-state index contributed by atoms with van der Waals surface area (Å²) in [5, 5.41) is 9.85. The molecule has 1 heterocycles. The zero-order valence-corrected chi connectivity index (χ0v) is 9.51. The van der Waals surface area contributed by atoms with Gasteiger partial charge in [0.2, 0.25) is 0 Å². The van der Waals surface area contributed by atoms with E-state index in [-0.39, 0.29) is 11.6 Å². The van der Waals surface area contributed by atoms with Gasteiger partial charge in [-0.1, -0.05) is 23.2 Å². The number of hydrogen-bond donors (Lipinski definition) is 2. The number of carbonyl (C=O) groups excluding carboxylic acids is 1. The molecule has 0 radical (unpaired) electrons. The molecule has 0 aliphatic rings. The molecule has 2 aromatic rings. The minimum atomic E-state index is -0.342. The zero-order chi connectivity index (χ0) is 11.5. The maximum atomic E-state index is 11.6. The van der Waals surface area contributed by atoms with Crippen molar-refractivity contribution in [2.75, 3.05) is 5.32 Å². The first-order valence-electron chi connectivity index (χ1n) is 4.43. The monoisotopic (exact) mass is 255 g/mol. The molecule has 1 amide bonds. The van der Waals surface area contributed by atoms with Crippen LogP contribution in [0.15, 0.2) is 30.5 Å². The first-order chi connectivity index (χ1) is 7.66. The molecule has 0 aliphatic carbocycles. The van der Waals surface area contributed by atoms with Crippen molar-refractivity contribution < 1.29 is 4.79 Å². The van der Waals surface area contributed by atoms with Gasteiger partial charge in [-0.3, -0.25) is 9.89 Å². The number of hydrogen-bond acceptors (Lipinski definition) is 2. The van der Waals surface area contributed by atoms with Crippen LogP contribution in [0.3, 0.4) is 0 Å². The van der Waals surface area contributed by atoms with Crippen molar-refractivity contribution in [1.29, 1.82) is 0 Å². The summed E-state index contributed by atoms with van der Waals surface area (Å²) in [4.78, 5) is 11.6. The Labute approximate surface area is 102 Å². The minimum absolute atomic E-state index is 0.288. The molecule has 0 saturated carbocycles. The molecule has 0 atom stereocenters. The second kappa shape index (κ2) is 4.55. The van der Waals surface area contributed by atoms with Gasteiger partial charge in [-0.05, 0) is 24.3 Å².